The van der Waals surface area contributed by atoms with E-state index in [-0.39, 0.29) is 25.0 Å². The molecule has 8 nitrogen and oxygen atoms in total. The van der Waals surface area contributed by atoms with Gasteiger partial charge in [0.2, 0.25) is 11.8 Å². The maximum absolute atomic E-state index is 12.9. The fourth-order valence-electron chi connectivity index (χ4n) is 3.05. The Labute approximate surface area is 169 Å². The van der Waals surface area contributed by atoms with Crippen LogP contribution in [-0.2, 0) is 20.9 Å². The number of anilines is 1. The highest BCUT2D eigenvalue weighted by molar-refractivity contribution is 5.98. The summed E-state index contributed by atoms with van der Waals surface area (Å²) in [4.78, 5) is 26.9. The van der Waals surface area contributed by atoms with Gasteiger partial charge in [-0.2, -0.15) is 0 Å². The molecule has 0 aromatic heterocycles. The molecule has 0 unspecified atom stereocenters. The molecule has 2 aromatic carbocycles. The monoisotopic (exact) mass is 400 g/mol. The van der Waals surface area contributed by atoms with Crippen molar-refractivity contribution in [1.29, 1.82) is 0 Å². The first-order valence-electron chi connectivity index (χ1n) is 9.08. The van der Waals surface area contributed by atoms with Crippen molar-refractivity contribution >= 4 is 17.5 Å². The molecule has 1 aliphatic rings. The molecule has 1 aliphatic heterocycles. The number of benzene rings is 2. The van der Waals surface area contributed by atoms with Crippen LogP contribution in [0.1, 0.15) is 5.56 Å². The lowest BCUT2D eigenvalue weighted by Crippen LogP contribution is -2.54. The van der Waals surface area contributed by atoms with Gasteiger partial charge in [-0.15, -0.1) is 0 Å². The molecular formula is C21H24N2O6. The van der Waals surface area contributed by atoms with Crippen LogP contribution in [-0.4, -0.2) is 57.3 Å². The zero-order valence-corrected chi connectivity index (χ0v) is 16.6. The predicted octanol–water partition coefficient (Wildman–Crippen LogP) is 2.08. The smallest absolute Gasteiger partial charge is 0.249 e. The highest BCUT2D eigenvalue weighted by Crippen LogP contribution is 2.26. The van der Waals surface area contributed by atoms with Crippen LogP contribution < -0.4 is 19.5 Å². The molecule has 0 bridgehead atoms. The van der Waals surface area contributed by atoms with E-state index in [0.717, 1.165) is 11.3 Å². The molecule has 1 atom stereocenters. The topological polar surface area (TPSA) is 86.3 Å². The van der Waals surface area contributed by atoms with E-state index < -0.39 is 6.04 Å². The Hall–Kier alpha value is -3.26. The van der Waals surface area contributed by atoms with Crippen LogP contribution in [0.3, 0.4) is 0 Å². The van der Waals surface area contributed by atoms with E-state index in [2.05, 4.69) is 5.32 Å². The Bertz CT molecular complexity index is 846. The summed E-state index contributed by atoms with van der Waals surface area (Å²) < 4.78 is 20.9. The number of ether oxygens (including phenoxy) is 4. The van der Waals surface area contributed by atoms with Crippen LogP contribution in [0.2, 0.25) is 0 Å². The van der Waals surface area contributed by atoms with Crippen LogP contribution in [0, 0.1) is 0 Å². The second-order valence-corrected chi connectivity index (χ2v) is 6.49. The van der Waals surface area contributed by atoms with Crippen molar-refractivity contribution in [2.45, 2.75) is 12.6 Å². The highest BCUT2D eigenvalue weighted by Gasteiger charge is 2.34. The average Bonchev–Trinajstić information content (AvgIpc) is 2.75. The van der Waals surface area contributed by atoms with Crippen molar-refractivity contribution in [2.75, 3.05) is 39.9 Å². The number of morpholine rings is 1. The molecule has 0 radical (unpaired) electrons. The quantitative estimate of drug-likeness (QED) is 0.766. The van der Waals surface area contributed by atoms with Gasteiger partial charge in [0.05, 0.1) is 27.9 Å². The van der Waals surface area contributed by atoms with Crippen molar-refractivity contribution < 1.29 is 28.5 Å². The van der Waals surface area contributed by atoms with Crippen molar-refractivity contribution in [3.8, 4) is 17.2 Å². The number of hydrogen-bond donors (Lipinski definition) is 1. The number of carbonyl (C=O) groups is 2. The third-order valence-electron chi connectivity index (χ3n) is 4.63. The number of carbonyl (C=O) groups excluding carboxylic acids is 2. The Morgan fingerprint density at radius 1 is 1.03 bits per heavy atom. The van der Waals surface area contributed by atoms with Crippen molar-refractivity contribution in [3.05, 3.63) is 48.0 Å². The molecule has 1 N–H and O–H groups in total. The van der Waals surface area contributed by atoms with E-state index in [9.17, 15) is 9.59 Å². The van der Waals surface area contributed by atoms with Gasteiger partial charge in [-0.3, -0.25) is 9.59 Å². The molecule has 8 heteroatoms. The number of hydrogen-bond acceptors (Lipinski definition) is 6. The lowest BCUT2D eigenvalue weighted by Gasteiger charge is -2.34. The average molecular weight is 400 g/mol. The highest BCUT2D eigenvalue weighted by atomic mass is 16.5. The molecule has 2 amide bonds. The number of amides is 2. The maximum Gasteiger partial charge on any atom is 0.249 e. The molecule has 154 valence electrons. The van der Waals surface area contributed by atoms with Gasteiger partial charge in [0, 0.05) is 30.4 Å². The summed E-state index contributed by atoms with van der Waals surface area (Å²) in [5, 5.41) is 2.82. The van der Waals surface area contributed by atoms with Gasteiger partial charge in [-0.05, 0) is 17.7 Å². The second kappa shape index (κ2) is 9.29. The molecule has 1 fully saturated rings. The van der Waals surface area contributed by atoms with E-state index in [1.165, 1.54) is 19.1 Å². The van der Waals surface area contributed by atoms with Crippen molar-refractivity contribution in [3.63, 3.8) is 0 Å². The summed E-state index contributed by atoms with van der Waals surface area (Å²) in [7, 11) is 4.66. The summed E-state index contributed by atoms with van der Waals surface area (Å²) in [6, 6.07) is 11.7. The van der Waals surface area contributed by atoms with Crippen LogP contribution in [0.15, 0.2) is 42.5 Å². The zero-order valence-electron chi connectivity index (χ0n) is 16.6. The minimum absolute atomic E-state index is 0.0487. The Kier molecular flexibility index (Phi) is 6.56. The largest absolute Gasteiger partial charge is 0.497 e. The third-order valence-corrected chi connectivity index (χ3v) is 4.63. The predicted molar refractivity (Wildman–Crippen MR) is 106 cm³/mol. The fourth-order valence-corrected chi connectivity index (χ4v) is 3.05. The van der Waals surface area contributed by atoms with Crippen LogP contribution >= 0.6 is 0 Å². The number of nitrogens with one attached hydrogen (secondary N) is 1. The SMILES string of the molecule is COc1ccc(CN2C(=O)COC[C@H]2C(=O)Nc2cc(OC)cc(OC)c2)cc1. The summed E-state index contributed by atoms with van der Waals surface area (Å²) in [6.07, 6.45) is 0. The zero-order chi connectivity index (χ0) is 20.8. The molecule has 2 aromatic rings. The van der Waals surface area contributed by atoms with Crippen LogP contribution in [0.25, 0.3) is 0 Å². The number of rotatable bonds is 7. The van der Waals surface area contributed by atoms with E-state index in [0.29, 0.717) is 23.7 Å². The second-order valence-electron chi connectivity index (χ2n) is 6.49. The van der Waals surface area contributed by atoms with Gasteiger partial charge in [0.25, 0.3) is 0 Å². The van der Waals surface area contributed by atoms with E-state index in [1.54, 1.807) is 25.3 Å². The van der Waals surface area contributed by atoms with Crippen LogP contribution in [0.5, 0.6) is 17.2 Å². The van der Waals surface area contributed by atoms with Gasteiger partial charge in [-0.1, -0.05) is 12.1 Å². The van der Waals surface area contributed by atoms with E-state index in [4.69, 9.17) is 18.9 Å². The van der Waals surface area contributed by atoms with Gasteiger partial charge in [-0.25, -0.2) is 0 Å². The van der Waals surface area contributed by atoms with E-state index >= 15 is 0 Å². The standard InChI is InChI=1S/C21H24N2O6/c1-26-16-6-4-14(5-7-16)11-23-19(12-29-13-20(23)24)21(25)22-15-8-17(27-2)10-18(9-15)28-3/h4-10,19H,11-13H2,1-3H3,(H,22,25)/t19-/m0/s1. The Morgan fingerprint density at radius 2 is 1.66 bits per heavy atom. The van der Waals surface area contributed by atoms with Gasteiger partial charge < -0.3 is 29.2 Å². The van der Waals surface area contributed by atoms with Gasteiger partial charge in [0.15, 0.2) is 0 Å². The summed E-state index contributed by atoms with van der Waals surface area (Å²) in [5.74, 6) is 1.23. The summed E-state index contributed by atoms with van der Waals surface area (Å²) in [5.41, 5.74) is 1.40. The number of nitrogens with zero attached hydrogens (tertiary/aromatic N) is 1. The first kappa shape index (κ1) is 20.5. The molecule has 29 heavy (non-hydrogen) atoms. The van der Waals surface area contributed by atoms with Gasteiger partial charge in [0.1, 0.15) is 29.9 Å². The molecule has 3 rings (SSSR count). The third kappa shape index (κ3) is 4.97. The van der Waals surface area contributed by atoms with Crippen molar-refractivity contribution in [2.24, 2.45) is 0 Å². The first-order chi connectivity index (χ1) is 14.0. The lowest BCUT2D eigenvalue weighted by molar-refractivity contribution is -0.154. The number of methoxy groups -OCH3 is 3. The maximum atomic E-state index is 12.9. The van der Waals surface area contributed by atoms with Crippen molar-refractivity contribution in [1.82, 2.24) is 4.90 Å². The first-order valence-corrected chi connectivity index (χ1v) is 9.08. The molecule has 0 saturated carbocycles. The lowest BCUT2D eigenvalue weighted by atomic mass is 10.1. The summed E-state index contributed by atoms with van der Waals surface area (Å²) >= 11 is 0. The normalized spacial score (nSPS) is 16.3. The summed E-state index contributed by atoms with van der Waals surface area (Å²) in [6.45, 7) is 0.369. The Balaban J connectivity index is 1.77. The fraction of sp³-hybridized carbons (Fsp3) is 0.333. The van der Waals surface area contributed by atoms with Crippen LogP contribution in [0.4, 0.5) is 5.69 Å². The van der Waals surface area contributed by atoms with E-state index in [1.807, 2.05) is 24.3 Å². The molecular weight excluding hydrogens is 376 g/mol. The molecule has 0 aliphatic carbocycles. The minimum Gasteiger partial charge on any atom is -0.497 e. The molecule has 1 saturated heterocycles. The minimum atomic E-state index is -0.754. The molecule has 1 heterocycles. The Morgan fingerprint density at radius 3 is 2.24 bits per heavy atom. The van der Waals surface area contributed by atoms with Gasteiger partial charge >= 0.3 is 0 Å². The molecule has 0 spiro atoms.